The van der Waals surface area contributed by atoms with Gasteiger partial charge in [-0.3, -0.25) is 0 Å². The lowest BCUT2D eigenvalue weighted by Gasteiger charge is -2.32. The van der Waals surface area contributed by atoms with Crippen molar-refractivity contribution in [3.05, 3.63) is 101 Å². The quantitative estimate of drug-likeness (QED) is 0.395. The molecule has 0 saturated heterocycles. The lowest BCUT2D eigenvalue weighted by molar-refractivity contribution is 0.271. The summed E-state index contributed by atoms with van der Waals surface area (Å²) < 4.78 is 18.9. The average molecular weight is 432 g/mol. The number of ether oxygens (including phenoxy) is 1. The van der Waals surface area contributed by atoms with Crippen molar-refractivity contribution >= 4 is 0 Å². The first-order valence-corrected chi connectivity index (χ1v) is 11.9. The predicted octanol–water partition coefficient (Wildman–Crippen LogP) is 7.03. The third-order valence-electron chi connectivity index (χ3n) is 6.89. The predicted molar refractivity (Wildman–Crippen MR) is 129 cm³/mol. The topological polar surface area (TPSA) is 35.2 Å². The molecule has 1 saturated carbocycles. The second-order valence-electron chi connectivity index (χ2n) is 9.14. The van der Waals surface area contributed by atoms with Gasteiger partial charge in [0.15, 0.2) is 0 Å². The van der Waals surface area contributed by atoms with Crippen molar-refractivity contribution in [2.75, 3.05) is 0 Å². The summed E-state index contributed by atoms with van der Waals surface area (Å²) in [6.45, 7) is 0.602. The monoisotopic (exact) mass is 431 g/mol. The molecular formula is C29H34FNO. The van der Waals surface area contributed by atoms with E-state index in [-0.39, 0.29) is 11.9 Å². The van der Waals surface area contributed by atoms with Gasteiger partial charge in [-0.2, -0.15) is 0 Å². The second kappa shape index (κ2) is 11.3. The Labute approximate surface area is 191 Å². The number of rotatable bonds is 9. The van der Waals surface area contributed by atoms with E-state index in [0.717, 1.165) is 25.0 Å². The molecule has 3 aromatic rings. The molecule has 2 nitrogen and oxygen atoms in total. The van der Waals surface area contributed by atoms with Gasteiger partial charge >= 0.3 is 0 Å². The second-order valence-corrected chi connectivity index (χ2v) is 9.14. The largest absolute Gasteiger partial charge is 0.489 e. The first kappa shape index (κ1) is 22.5. The van der Waals surface area contributed by atoms with Gasteiger partial charge in [-0.15, -0.1) is 0 Å². The van der Waals surface area contributed by atoms with E-state index in [1.807, 2.05) is 30.3 Å². The molecule has 1 unspecified atom stereocenters. The van der Waals surface area contributed by atoms with Gasteiger partial charge in [0.25, 0.3) is 0 Å². The van der Waals surface area contributed by atoms with Gasteiger partial charge < -0.3 is 10.5 Å². The third-order valence-corrected chi connectivity index (χ3v) is 6.89. The number of halogens is 1. The highest BCUT2D eigenvalue weighted by Crippen LogP contribution is 2.38. The summed E-state index contributed by atoms with van der Waals surface area (Å²) in [5, 5.41) is 0. The van der Waals surface area contributed by atoms with E-state index in [4.69, 9.17) is 10.5 Å². The SMILES string of the molecule is NC(CCCc1ccc(F)cc1)C1CCC(c2ccc(OCc3ccccc3)cc2)CC1. The smallest absolute Gasteiger partial charge is 0.123 e. The molecule has 0 spiro atoms. The van der Waals surface area contributed by atoms with Crippen molar-refractivity contribution in [2.24, 2.45) is 11.7 Å². The van der Waals surface area contributed by atoms with Gasteiger partial charge in [0.1, 0.15) is 18.2 Å². The molecule has 2 N–H and O–H groups in total. The van der Waals surface area contributed by atoms with Crippen LogP contribution in [0.15, 0.2) is 78.9 Å². The zero-order valence-corrected chi connectivity index (χ0v) is 18.8. The third kappa shape index (κ3) is 6.43. The maximum Gasteiger partial charge on any atom is 0.123 e. The molecule has 0 aromatic heterocycles. The molecule has 0 amide bonds. The van der Waals surface area contributed by atoms with Gasteiger partial charge in [-0.1, -0.05) is 54.6 Å². The summed E-state index contributed by atoms with van der Waals surface area (Å²) in [6.07, 6.45) is 7.91. The van der Waals surface area contributed by atoms with Crippen LogP contribution >= 0.6 is 0 Å². The Hall–Kier alpha value is -2.65. The average Bonchev–Trinajstić information content (AvgIpc) is 2.85. The van der Waals surface area contributed by atoms with Crippen molar-refractivity contribution < 1.29 is 9.13 Å². The van der Waals surface area contributed by atoms with Crippen LogP contribution in [0.2, 0.25) is 0 Å². The fourth-order valence-electron chi connectivity index (χ4n) is 4.89. The molecule has 0 radical (unpaired) electrons. The first-order chi connectivity index (χ1) is 15.7. The van der Waals surface area contributed by atoms with E-state index >= 15 is 0 Å². The van der Waals surface area contributed by atoms with Crippen LogP contribution in [0.5, 0.6) is 5.75 Å². The number of nitrogens with two attached hydrogens (primary N) is 1. The number of aryl methyl sites for hydroxylation is 1. The van der Waals surface area contributed by atoms with E-state index in [9.17, 15) is 4.39 Å². The van der Waals surface area contributed by atoms with Crippen LogP contribution in [-0.4, -0.2) is 6.04 Å². The minimum atomic E-state index is -0.170. The number of hydrogen-bond donors (Lipinski definition) is 1. The number of hydrogen-bond acceptors (Lipinski definition) is 2. The molecule has 1 aliphatic carbocycles. The zero-order chi connectivity index (χ0) is 22.2. The van der Waals surface area contributed by atoms with Crippen molar-refractivity contribution in [3.8, 4) is 5.75 Å². The summed E-state index contributed by atoms with van der Waals surface area (Å²) in [5.74, 6) is 2.00. The van der Waals surface area contributed by atoms with Crippen LogP contribution in [-0.2, 0) is 13.0 Å². The minimum absolute atomic E-state index is 0.170. The van der Waals surface area contributed by atoms with E-state index in [2.05, 4.69) is 36.4 Å². The highest BCUT2D eigenvalue weighted by Gasteiger charge is 2.26. The lowest BCUT2D eigenvalue weighted by atomic mass is 9.75. The van der Waals surface area contributed by atoms with Crippen LogP contribution in [0.1, 0.15) is 61.1 Å². The van der Waals surface area contributed by atoms with Crippen molar-refractivity contribution in [1.82, 2.24) is 0 Å². The van der Waals surface area contributed by atoms with Crippen LogP contribution < -0.4 is 10.5 Å². The standard InChI is InChI=1S/C29H34FNO/c30-27-17-9-22(10-18-27)7-4-8-29(31)26-13-11-24(12-14-26)25-15-19-28(20-16-25)32-21-23-5-2-1-3-6-23/h1-3,5-6,9-10,15-20,24,26,29H,4,7-8,11-14,21,31H2. The van der Waals surface area contributed by atoms with Gasteiger partial charge in [-0.25, -0.2) is 4.39 Å². The van der Waals surface area contributed by atoms with Gasteiger partial charge in [0.2, 0.25) is 0 Å². The zero-order valence-electron chi connectivity index (χ0n) is 18.8. The highest BCUT2D eigenvalue weighted by molar-refractivity contribution is 5.30. The Morgan fingerprint density at radius 3 is 2.19 bits per heavy atom. The highest BCUT2D eigenvalue weighted by atomic mass is 19.1. The Kier molecular flexibility index (Phi) is 7.95. The van der Waals surface area contributed by atoms with Crippen molar-refractivity contribution in [1.29, 1.82) is 0 Å². The van der Waals surface area contributed by atoms with Crippen LogP contribution in [0.25, 0.3) is 0 Å². The molecule has 3 heteroatoms. The van der Waals surface area contributed by atoms with Gasteiger partial charge in [-0.05, 0) is 97.7 Å². The van der Waals surface area contributed by atoms with Crippen molar-refractivity contribution in [3.63, 3.8) is 0 Å². The van der Waals surface area contributed by atoms with E-state index < -0.39 is 0 Å². The molecular weight excluding hydrogens is 397 g/mol. The molecule has 168 valence electrons. The molecule has 0 bridgehead atoms. The summed E-state index contributed by atoms with van der Waals surface area (Å²) in [6, 6.07) is 26.0. The van der Waals surface area contributed by atoms with E-state index in [0.29, 0.717) is 18.4 Å². The van der Waals surface area contributed by atoms with Gasteiger partial charge in [0.05, 0.1) is 0 Å². The summed E-state index contributed by atoms with van der Waals surface area (Å²) in [4.78, 5) is 0. The molecule has 0 heterocycles. The normalized spacial score (nSPS) is 19.4. The Morgan fingerprint density at radius 2 is 1.50 bits per heavy atom. The fourth-order valence-corrected chi connectivity index (χ4v) is 4.89. The molecule has 1 atom stereocenters. The maximum absolute atomic E-state index is 13.0. The van der Waals surface area contributed by atoms with E-state index in [1.165, 1.54) is 42.4 Å². The Bertz CT molecular complexity index is 931. The van der Waals surface area contributed by atoms with Crippen LogP contribution in [0.4, 0.5) is 4.39 Å². The fraction of sp³-hybridized carbons (Fsp3) is 0.379. The van der Waals surface area contributed by atoms with Gasteiger partial charge in [0, 0.05) is 6.04 Å². The minimum Gasteiger partial charge on any atom is -0.489 e. The molecule has 4 rings (SSSR count). The maximum atomic E-state index is 13.0. The molecule has 3 aromatic carbocycles. The van der Waals surface area contributed by atoms with E-state index in [1.54, 1.807) is 12.1 Å². The Balaban J connectivity index is 1.18. The first-order valence-electron chi connectivity index (χ1n) is 11.9. The molecule has 1 fully saturated rings. The summed E-state index contributed by atoms with van der Waals surface area (Å²) in [7, 11) is 0. The lowest BCUT2D eigenvalue weighted by Crippen LogP contribution is -2.32. The Morgan fingerprint density at radius 1 is 0.812 bits per heavy atom. The van der Waals surface area contributed by atoms with Crippen LogP contribution in [0.3, 0.4) is 0 Å². The van der Waals surface area contributed by atoms with Crippen LogP contribution in [0, 0.1) is 11.7 Å². The molecule has 32 heavy (non-hydrogen) atoms. The summed E-state index contributed by atoms with van der Waals surface area (Å²) >= 11 is 0. The molecule has 1 aliphatic rings. The molecule has 0 aliphatic heterocycles. The summed E-state index contributed by atoms with van der Waals surface area (Å²) in [5.41, 5.74) is 10.3. The van der Waals surface area contributed by atoms with Crippen molar-refractivity contribution in [2.45, 2.75) is 63.5 Å². The number of benzene rings is 3.